The predicted octanol–water partition coefficient (Wildman–Crippen LogP) is 3.39. The molecule has 0 saturated carbocycles. The maximum absolute atomic E-state index is 12.6. The van der Waals surface area contributed by atoms with Gasteiger partial charge in [0.05, 0.1) is 22.1 Å². The van der Waals surface area contributed by atoms with Gasteiger partial charge in [0.15, 0.2) is 4.77 Å². The van der Waals surface area contributed by atoms with Crippen LogP contribution in [-0.2, 0) is 0 Å². The second kappa shape index (κ2) is 5.95. The molecule has 25 heavy (non-hydrogen) atoms. The third kappa shape index (κ3) is 2.81. The van der Waals surface area contributed by atoms with Crippen molar-refractivity contribution >= 4 is 45.6 Å². The number of H-pyrrole nitrogens is 2. The summed E-state index contributed by atoms with van der Waals surface area (Å²) in [4.78, 5) is 34.2. The molecule has 2 heterocycles. The van der Waals surface area contributed by atoms with E-state index >= 15 is 0 Å². The highest BCUT2D eigenvalue weighted by Gasteiger charge is 2.10. The molecule has 2 aromatic heterocycles. The number of carbonyl (C=O) groups is 1. The molecule has 0 bridgehead atoms. The minimum absolute atomic E-state index is 0.216. The van der Waals surface area contributed by atoms with Crippen LogP contribution < -0.4 is 10.9 Å². The van der Waals surface area contributed by atoms with E-state index in [4.69, 9.17) is 12.2 Å². The Bertz CT molecular complexity index is 1240. The molecule has 6 nitrogen and oxygen atoms in total. The monoisotopic (exact) mass is 348 g/mol. The van der Waals surface area contributed by atoms with Crippen molar-refractivity contribution < 1.29 is 4.79 Å². The van der Waals surface area contributed by atoms with Crippen molar-refractivity contribution in [3.63, 3.8) is 0 Å². The zero-order valence-electron chi connectivity index (χ0n) is 12.9. The van der Waals surface area contributed by atoms with Gasteiger partial charge in [-0.15, -0.1) is 0 Å². The van der Waals surface area contributed by atoms with Gasteiger partial charge in [-0.1, -0.05) is 18.2 Å². The summed E-state index contributed by atoms with van der Waals surface area (Å²) >= 11 is 4.97. The molecule has 0 atom stereocenters. The number of rotatable bonds is 2. The number of aromatic nitrogens is 3. The molecule has 4 aromatic rings. The van der Waals surface area contributed by atoms with Crippen LogP contribution in [-0.4, -0.2) is 20.9 Å². The van der Waals surface area contributed by atoms with E-state index in [1.807, 2.05) is 24.3 Å². The van der Waals surface area contributed by atoms with Gasteiger partial charge < -0.3 is 10.3 Å². The zero-order valence-corrected chi connectivity index (χ0v) is 13.7. The number of nitrogens with zero attached hydrogens (tertiary/aromatic N) is 1. The second-order valence-electron chi connectivity index (χ2n) is 5.50. The first-order valence-corrected chi connectivity index (χ1v) is 7.94. The number of fused-ring (bicyclic) bond motifs is 2. The summed E-state index contributed by atoms with van der Waals surface area (Å²) in [6.07, 6.45) is 1.68. The molecule has 0 aliphatic heterocycles. The van der Waals surface area contributed by atoms with Gasteiger partial charge in [0.25, 0.3) is 11.5 Å². The summed E-state index contributed by atoms with van der Waals surface area (Å²) in [6, 6.07) is 14.2. The van der Waals surface area contributed by atoms with Crippen molar-refractivity contribution in [2.45, 2.75) is 0 Å². The number of carbonyl (C=O) groups excluding carboxylic acids is 1. The number of pyridine rings is 1. The van der Waals surface area contributed by atoms with E-state index in [0.717, 1.165) is 10.9 Å². The van der Waals surface area contributed by atoms with Crippen LogP contribution in [0.4, 0.5) is 5.69 Å². The van der Waals surface area contributed by atoms with Crippen LogP contribution in [0.5, 0.6) is 0 Å². The minimum atomic E-state index is -0.292. The lowest BCUT2D eigenvalue weighted by Gasteiger charge is -2.08. The molecule has 0 spiro atoms. The molecule has 4 rings (SSSR count). The van der Waals surface area contributed by atoms with Gasteiger partial charge in [0.1, 0.15) is 0 Å². The molecule has 1 amide bonds. The third-order valence-corrected chi connectivity index (χ3v) is 4.09. The molecule has 0 radical (unpaired) electrons. The maximum Gasteiger partial charge on any atom is 0.259 e. The summed E-state index contributed by atoms with van der Waals surface area (Å²) < 4.78 is 0.216. The minimum Gasteiger partial charge on any atom is -0.332 e. The maximum atomic E-state index is 12.6. The van der Waals surface area contributed by atoms with E-state index in [2.05, 4.69) is 20.3 Å². The van der Waals surface area contributed by atoms with E-state index in [0.29, 0.717) is 22.2 Å². The van der Waals surface area contributed by atoms with Gasteiger partial charge in [-0.3, -0.25) is 19.6 Å². The number of hydrogen-bond donors (Lipinski definition) is 3. The van der Waals surface area contributed by atoms with E-state index < -0.39 is 0 Å². The highest BCUT2D eigenvalue weighted by atomic mass is 32.1. The predicted molar refractivity (Wildman–Crippen MR) is 99.4 cm³/mol. The Morgan fingerprint density at radius 3 is 2.80 bits per heavy atom. The van der Waals surface area contributed by atoms with Crippen LogP contribution in [0.2, 0.25) is 0 Å². The van der Waals surface area contributed by atoms with Gasteiger partial charge >= 0.3 is 0 Å². The number of amides is 1. The number of benzene rings is 2. The van der Waals surface area contributed by atoms with Crippen molar-refractivity contribution in [2.24, 2.45) is 0 Å². The number of nitrogens with one attached hydrogen (secondary N) is 3. The molecule has 0 aliphatic carbocycles. The summed E-state index contributed by atoms with van der Waals surface area (Å²) in [7, 11) is 0. The average molecular weight is 348 g/mol. The number of para-hydroxylation sites is 1. The molecule has 122 valence electrons. The second-order valence-corrected chi connectivity index (χ2v) is 5.91. The Kier molecular flexibility index (Phi) is 3.62. The van der Waals surface area contributed by atoms with Crippen LogP contribution in [0.25, 0.3) is 21.8 Å². The standard InChI is InChI=1S/C18H12N4O2S/c23-16(20-13-5-1-3-10-4-2-8-19-15(10)13)11-6-7-12-14(9-11)21-18(25)22-17(12)24/h1-9H,(H,20,23)(H2,21,22,24,25). The Balaban J connectivity index is 1.75. The highest BCUT2D eigenvalue weighted by Crippen LogP contribution is 2.21. The van der Waals surface area contributed by atoms with Crippen molar-refractivity contribution in [1.29, 1.82) is 0 Å². The summed E-state index contributed by atoms with van der Waals surface area (Å²) in [5.41, 5.74) is 1.98. The molecular formula is C18H12N4O2S. The Hall–Kier alpha value is -3.32. The smallest absolute Gasteiger partial charge is 0.259 e. The fourth-order valence-electron chi connectivity index (χ4n) is 2.71. The lowest BCUT2D eigenvalue weighted by atomic mass is 10.1. The van der Waals surface area contributed by atoms with Crippen molar-refractivity contribution in [1.82, 2.24) is 15.0 Å². The van der Waals surface area contributed by atoms with E-state index in [9.17, 15) is 9.59 Å². The fourth-order valence-corrected chi connectivity index (χ4v) is 2.91. The van der Waals surface area contributed by atoms with E-state index in [-0.39, 0.29) is 16.2 Å². The highest BCUT2D eigenvalue weighted by molar-refractivity contribution is 7.71. The quantitative estimate of drug-likeness (QED) is 0.484. The van der Waals surface area contributed by atoms with E-state index in [1.165, 1.54) is 0 Å². The molecule has 0 fully saturated rings. The van der Waals surface area contributed by atoms with E-state index in [1.54, 1.807) is 30.5 Å². The Morgan fingerprint density at radius 2 is 1.92 bits per heavy atom. The molecule has 0 saturated heterocycles. The van der Waals surface area contributed by atoms with Gasteiger partial charge in [-0.25, -0.2) is 0 Å². The molecular weight excluding hydrogens is 336 g/mol. The molecule has 0 unspecified atom stereocenters. The largest absolute Gasteiger partial charge is 0.332 e. The van der Waals surface area contributed by atoms with Crippen molar-refractivity contribution in [3.05, 3.63) is 75.4 Å². The topological polar surface area (TPSA) is 90.6 Å². The zero-order chi connectivity index (χ0) is 17.4. The van der Waals surface area contributed by atoms with Crippen LogP contribution in [0.3, 0.4) is 0 Å². The lowest BCUT2D eigenvalue weighted by molar-refractivity contribution is 0.102. The Morgan fingerprint density at radius 1 is 1.08 bits per heavy atom. The average Bonchev–Trinajstić information content (AvgIpc) is 2.61. The third-order valence-electron chi connectivity index (χ3n) is 3.88. The number of aromatic amines is 2. The molecule has 0 aliphatic rings. The van der Waals surface area contributed by atoms with Gasteiger partial charge in [0, 0.05) is 17.1 Å². The summed E-state index contributed by atoms with van der Waals surface area (Å²) in [5.74, 6) is -0.292. The summed E-state index contributed by atoms with van der Waals surface area (Å²) in [6.45, 7) is 0. The van der Waals surface area contributed by atoms with Crippen molar-refractivity contribution in [3.8, 4) is 0 Å². The molecule has 7 heteroatoms. The van der Waals surface area contributed by atoms with Crippen LogP contribution in [0, 0.1) is 4.77 Å². The van der Waals surface area contributed by atoms with Crippen LogP contribution in [0.1, 0.15) is 10.4 Å². The van der Waals surface area contributed by atoms with Crippen molar-refractivity contribution in [2.75, 3.05) is 5.32 Å². The molecule has 2 aromatic carbocycles. The van der Waals surface area contributed by atoms with Crippen LogP contribution >= 0.6 is 12.2 Å². The van der Waals surface area contributed by atoms with Gasteiger partial charge in [-0.2, -0.15) is 0 Å². The normalized spacial score (nSPS) is 10.9. The fraction of sp³-hybridized carbons (Fsp3) is 0. The van der Waals surface area contributed by atoms with Gasteiger partial charge in [0.2, 0.25) is 0 Å². The lowest BCUT2D eigenvalue weighted by Crippen LogP contribution is -2.14. The molecule has 3 N–H and O–H groups in total. The Labute approximate surface area is 146 Å². The van der Waals surface area contributed by atoms with Crippen LogP contribution in [0.15, 0.2) is 59.5 Å². The summed E-state index contributed by atoms with van der Waals surface area (Å²) in [5, 5.41) is 4.25. The first-order chi connectivity index (χ1) is 12.1. The number of hydrogen-bond acceptors (Lipinski definition) is 4. The number of anilines is 1. The SMILES string of the molecule is O=C(Nc1cccc2cccnc12)c1ccc2c(=O)[nH]c(=S)[nH]c2c1. The first-order valence-electron chi connectivity index (χ1n) is 7.53. The van der Waals surface area contributed by atoms with Gasteiger partial charge in [-0.05, 0) is 42.5 Å². The first kappa shape index (κ1) is 15.2.